The molecule has 0 unspecified atom stereocenters. The van der Waals surface area contributed by atoms with Crippen LogP contribution in [0, 0.1) is 11.7 Å². The van der Waals surface area contributed by atoms with Crippen molar-refractivity contribution in [2.24, 2.45) is 11.7 Å². The molecule has 118 valence electrons. The molecule has 0 bridgehead atoms. The highest BCUT2D eigenvalue weighted by molar-refractivity contribution is 9.11. The molecule has 0 saturated heterocycles. The van der Waals surface area contributed by atoms with Gasteiger partial charge in [-0.1, -0.05) is 13.8 Å². The van der Waals surface area contributed by atoms with Crippen molar-refractivity contribution in [1.82, 2.24) is 4.31 Å². The number of benzene rings is 1. The van der Waals surface area contributed by atoms with E-state index >= 15 is 0 Å². The summed E-state index contributed by atoms with van der Waals surface area (Å²) in [6, 6.07) is 2.10. The highest BCUT2D eigenvalue weighted by atomic mass is 79.9. The Morgan fingerprint density at radius 1 is 1.33 bits per heavy atom. The number of rotatable bonds is 6. The Hall–Kier alpha value is -0.510. The van der Waals surface area contributed by atoms with Gasteiger partial charge in [0.05, 0.1) is 6.54 Å². The fraction of sp³-hybridized carbons (Fsp3) is 0.417. The van der Waals surface area contributed by atoms with Crippen LogP contribution in [0.15, 0.2) is 26.0 Å². The summed E-state index contributed by atoms with van der Waals surface area (Å²) < 4.78 is 39.8. The minimum atomic E-state index is -4.00. The molecule has 1 aromatic carbocycles. The summed E-state index contributed by atoms with van der Waals surface area (Å²) in [7, 11) is -4.00. The monoisotopic (exact) mass is 444 g/mol. The summed E-state index contributed by atoms with van der Waals surface area (Å²) in [4.78, 5) is 11.0. The molecule has 0 spiro atoms. The van der Waals surface area contributed by atoms with Crippen LogP contribution in [0.2, 0.25) is 0 Å². The van der Waals surface area contributed by atoms with Crippen molar-refractivity contribution < 1.29 is 17.6 Å². The molecule has 5 nitrogen and oxygen atoms in total. The molecule has 1 amide bonds. The third-order valence-electron chi connectivity index (χ3n) is 2.46. The first kappa shape index (κ1) is 18.5. The molecule has 2 N–H and O–H groups in total. The average molecular weight is 446 g/mol. The molecule has 1 rings (SSSR count). The first-order valence-corrected chi connectivity index (χ1v) is 9.01. The van der Waals surface area contributed by atoms with Gasteiger partial charge in [-0.15, -0.1) is 0 Å². The SMILES string of the molecule is CC(C)CN(CC(N)=O)S(=O)(=O)c1c(Br)cc(F)cc1Br. The van der Waals surface area contributed by atoms with Crippen molar-refractivity contribution >= 4 is 47.8 Å². The number of sulfonamides is 1. The molecular weight excluding hydrogens is 431 g/mol. The Morgan fingerprint density at radius 3 is 2.19 bits per heavy atom. The number of nitrogens with zero attached hydrogens (tertiary/aromatic N) is 1. The summed E-state index contributed by atoms with van der Waals surface area (Å²) in [5.41, 5.74) is 5.12. The molecule has 0 atom stereocenters. The number of amides is 1. The zero-order valence-electron chi connectivity index (χ0n) is 11.4. The first-order valence-electron chi connectivity index (χ1n) is 5.98. The van der Waals surface area contributed by atoms with Crippen LogP contribution in [0.4, 0.5) is 4.39 Å². The van der Waals surface area contributed by atoms with Gasteiger partial charge in [0.1, 0.15) is 10.7 Å². The highest BCUT2D eigenvalue weighted by Crippen LogP contribution is 2.33. The molecule has 0 aliphatic carbocycles. The highest BCUT2D eigenvalue weighted by Gasteiger charge is 2.30. The Kier molecular flexibility index (Phi) is 6.33. The van der Waals surface area contributed by atoms with Gasteiger partial charge in [0.25, 0.3) is 0 Å². The number of carbonyl (C=O) groups excluding carboxylic acids is 1. The van der Waals surface area contributed by atoms with Crippen LogP contribution in [0.25, 0.3) is 0 Å². The Balaban J connectivity index is 3.38. The Bertz CT molecular complexity index is 627. The van der Waals surface area contributed by atoms with Crippen molar-refractivity contribution in [1.29, 1.82) is 0 Å². The van der Waals surface area contributed by atoms with Gasteiger partial charge in [-0.2, -0.15) is 4.31 Å². The number of primary amides is 1. The van der Waals surface area contributed by atoms with Crippen LogP contribution in [0.5, 0.6) is 0 Å². The van der Waals surface area contributed by atoms with Crippen LogP contribution >= 0.6 is 31.9 Å². The van der Waals surface area contributed by atoms with Crippen molar-refractivity contribution in [2.75, 3.05) is 13.1 Å². The van der Waals surface area contributed by atoms with Crippen LogP contribution in [-0.4, -0.2) is 31.7 Å². The summed E-state index contributed by atoms with van der Waals surface area (Å²) >= 11 is 6.09. The smallest absolute Gasteiger partial charge is 0.245 e. The topological polar surface area (TPSA) is 80.5 Å². The molecule has 0 radical (unpaired) electrons. The van der Waals surface area contributed by atoms with Crippen LogP contribution in [-0.2, 0) is 14.8 Å². The number of hydrogen-bond acceptors (Lipinski definition) is 3. The predicted octanol–water partition coefficient (Wildman–Crippen LogP) is 2.48. The third-order valence-corrected chi connectivity index (χ3v) is 6.15. The van der Waals surface area contributed by atoms with E-state index in [4.69, 9.17) is 5.73 Å². The molecule has 21 heavy (non-hydrogen) atoms. The lowest BCUT2D eigenvalue weighted by atomic mass is 10.2. The zero-order chi connectivity index (χ0) is 16.4. The lowest BCUT2D eigenvalue weighted by Gasteiger charge is -2.23. The zero-order valence-corrected chi connectivity index (χ0v) is 15.4. The van der Waals surface area contributed by atoms with Gasteiger partial charge in [0.2, 0.25) is 15.9 Å². The van der Waals surface area contributed by atoms with Gasteiger partial charge in [-0.25, -0.2) is 12.8 Å². The molecule has 9 heteroatoms. The van der Waals surface area contributed by atoms with Crippen molar-refractivity contribution in [2.45, 2.75) is 18.7 Å². The lowest BCUT2D eigenvalue weighted by Crippen LogP contribution is -2.40. The molecule has 1 aromatic rings. The lowest BCUT2D eigenvalue weighted by molar-refractivity contribution is -0.118. The van der Waals surface area contributed by atoms with Crippen LogP contribution < -0.4 is 5.73 Å². The number of halogens is 3. The maximum atomic E-state index is 13.3. The third kappa shape index (κ3) is 4.73. The second kappa shape index (κ2) is 7.17. The Morgan fingerprint density at radius 2 is 1.81 bits per heavy atom. The van der Waals surface area contributed by atoms with Gasteiger partial charge in [0.15, 0.2) is 0 Å². The fourth-order valence-corrected chi connectivity index (χ4v) is 5.75. The summed E-state index contributed by atoms with van der Waals surface area (Å²) in [5, 5.41) is 0. The van der Waals surface area contributed by atoms with E-state index in [1.165, 1.54) is 0 Å². The van der Waals surface area contributed by atoms with E-state index in [2.05, 4.69) is 31.9 Å². The molecule has 0 heterocycles. The van der Waals surface area contributed by atoms with E-state index < -0.39 is 28.3 Å². The standard InChI is InChI=1S/C12H15Br2FN2O3S/c1-7(2)5-17(6-11(16)18)21(19,20)12-9(13)3-8(15)4-10(12)14/h3-4,7H,5-6H2,1-2H3,(H2,16,18). The normalized spacial score (nSPS) is 12.1. The van der Waals surface area contributed by atoms with Gasteiger partial charge >= 0.3 is 0 Å². The van der Waals surface area contributed by atoms with Crippen molar-refractivity contribution in [3.05, 3.63) is 26.9 Å². The molecule has 0 aliphatic heterocycles. The maximum absolute atomic E-state index is 13.3. The molecule has 0 aromatic heterocycles. The van der Waals surface area contributed by atoms with Crippen molar-refractivity contribution in [3.8, 4) is 0 Å². The second-order valence-corrected chi connectivity index (χ2v) is 8.44. The Labute approximate surface area is 140 Å². The summed E-state index contributed by atoms with van der Waals surface area (Å²) in [6.07, 6.45) is 0. The van der Waals surface area contributed by atoms with E-state index in [9.17, 15) is 17.6 Å². The van der Waals surface area contributed by atoms with Gasteiger partial charge in [-0.3, -0.25) is 4.79 Å². The minimum Gasteiger partial charge on any atom is -0.369 e. The number of nitrogens with two attached hydrogens (primary N) is 1. The largest absolute Gasteiger partial charge is 0.369 e. The van der Waals surface area contributed by atoms with E-state index in [0.717, 1.165) is 16.4 Å². The molecule has 0 aliphatic rings. The molecule has 0 fully saturated rings. The van der Waals surface area contributed by atoms with Gasteiger partial charge in [-0.05, 0) is 49.9 Å². The summed E-state index contributed by atoms with van der Waals surface area (Å²) in [5.74, 6) is -1.34. The fourth-order valence-electron chi connectivity index (χ4n) is 1.73. The van der Waals surface area contributed by atoms with Gasteiger partial charge in [0, 0.05) is 15.5 Å². The minimum absolute atomic E-state index is 0.00266. The predicted molar refractivity (Wildman–Crippen MR) is 84.6 cm³/mol. The molecular formula is C12H15Br2FN2O3S. The van der Waals surface area contributed by atoms with E-state index in [1.807, 2.05) is 13.8 Å². The number of hydrogen-bond donors (Lipinski definition) is 1. The summed E-state index contributed by atoms with van der Waals surface area (Å²) in [6.45, 7) is 3.33. The van der Waals surface area contributed by atoms with E-state index in [0.29, 0.717) is 0 Å². The average Bonchev–Trinajstić information content (AvgIpc) is 2.24. The number of carbonyl (C=O) groups is 1. The quantitative estimate of drug-likeness (QED) is 0.730. The maximum Gasteiger partial charge on any atom is 0.245 e. The second-order valence-electron chi connectivity index (χ2n) is 4.86. The molecule has 0 saturated carbocycles. The first-order chi connectivity index (χ1) is 9.55. The van der Waals surface area contributed by atoms with Gasteiger partial charge < -0.3 is 5.73 Å². The van der Waals surface area contributed by atoms with Crippen molar-refractivity contribution in [3.63, 3.8) is 0 Å². The van der Waals surface area contributed by atoms with Crippen LogP contribution in [0.3, 0.4) is 0 Å². The van der Waals surface area contributed by atoms with Crippen LogP contribution in [0.1, 0.15) is 13.8 Å². The van der Waals surface area contributed by atoms with E-state index in [1.54, 1.807) is 0 Å². The van der Waals surface area contributed by atoms with E-state index in [-0.39, 0.29) is 26.3 Å².